The molecule has 0 spiro atoms. The highest BCUT2D eigenvalue weighted by atomic mass is 16.5. The quantitative estimate of drug-likeness (QED) is 0.367. The molecule has 1 aromatic carbocycles. The number of carbonyl (C=O) groups excluding carboxylic acids is 2. The van der Waals surface area contributed by atoms with Crippen molar-refractivity contribution >= 4 is 22.9 Å². The summed E-state index contributed by atoms with van der Waals surface area (Å²) in [4.78, 5) is 33.5. The number of ether oxygens (including phenoxy) is 2. The third kappa shape index (κ3) is 2.92. The van der Waals surface area contributed by atoms with Gasteiger partial charge in [-0.15, -0.1) is 0 Å². The lowest BCUT2D eigenvalue weighted by Gasteiger charge is -2.04. The van der Waals surface area contributed by atoms with Crippen molar-refractivity contribution in [3.63, 3.8) is 0 Å². The van der Waals surface area contributed by atoms with Gasteiger partial charge in [0.25, 0.3) is 0 Å². The molecule has 0 unspecified atom stereocenters. The Morgan fingerprint density at radius 3 is 2.65 bits per heavy atom. The van der Waals surface area contributed by atoms with E-state index < -0.39 is 17.6 Å². The Hall–Kier alpha value is -2.89. The van der Waals surface area contributed by atoms with Gasteiger partial charge in [-0.3, -0.25) is 4.79 Å². The fraction of sp³-hybridized carbons (Fsp3) is 0.0714. The van der Waals surface area contributed by atoms with Crippen molar-refractivity contribution in [3.05, 3.63) is 47.3 Å². The molecule has 2 aromatic rings. The van der Waals surface area contributed by atoms with Crippen LogP contribution in [-0.4, -0.2) is 11.9 Å². The second-order valence-electron chi connectivity index (χ2n) is 3.82. The Morgan fingerprint density at radius 1 is 1.25 bits per heavy atom. The van der Waals surface area contributed by atoms with Crippen molar-refractivity contribution in [2.24, 2.45) is 0 Å². The van der Waals surface area contributed by atoms with Gasteiger partial charge in [-0.05, 0) is 18.2 Å². The van der Waals surface area contributed by atoms with E-state index in [4.69, 9.17) is 13.9 Å². The molecule has 0 radical (unpaired) electrons. The summed E-state index contributed by atoms with van der Waals surface area (Å²) in [6, 6.07) is 5.86. The van der Waals surface area contributed by atoms with E-state index in [2.05, 4.69) is 6.58 Å². The van der Waals surface area contributed by atoms with Crippen molar-refractivity contribution in [1.82, 2.24) is 0 Å². The van der Waals surface area contributed by atoms with E-state index in [0.29, 0.717) is 5.39 Å². The van der Waals surface area contributed by atoms with Gasteiger partial charge in [0.2, 0.25) is 5.75 Å². The molecule has 0 saturated carbocycles. The maximum Gasteiger partial charge on any atom is 0.379 e. The summed E-state index contributed by atoms with van der Waals surface area (Å²) in [6.07, 6.45) is 0.938. The van der Waals surface area contributed by atoms with Crippen LogP contribution in [0.5, 0.6) is 11.5 Å². The Morgan fingerprint density at radius 2 is 2.00 bits per heavy atom. The number of fused-ring (bicyclic) bond motifs is 1. The zero-order chi connectivity index (χ0) is 14.7. The average Bonchev–Trinajstić information content (AvgIpc) is 2.39. The maximum atomic E-state index is 11.6. The number of esters is 2. The van der Waals surface area contributed by atoms with Crippen LogP contribution in [0.2, 0.25) is 0 Å². The predicted molar refractivity (Wildman–Crippen MR) is 69.6 cm³/mol. The van der Waals surface area contributed by atoms with Crippen molar-refractivity contribution in [3.8, 4) is 11.5 Å². The highest BCUT2D eigenvalue weighted by Gasteiger charge is 2.10. The van der Waals surface area contributed by atoms with Gasteiger partial charge in [0.15, 0.2) is 0 Å². The first-order valence-electron chi connectivity index (χ1n) is 5.60. The molecular weight excluding hydrogens is 264 g/mol. The first-order valence-corrected chi connectivity index (χ1v) is 5.60. The molecule has 0 amide bonds. The van der Waals surface area contributed by atoms with Crippen LogP contribution in [0.25, 0.3) is 11.0 Å². The van der Waals surface area contributed by atoms with Crippen LogP contribution in [-0.2, 0) is 9.59 Å². The fourth-order valence-corrected chi connectivity index (χ4v) is 1.52. The molecular formula is C14H10O6. The van der Waals surface area contributed by atoms with Crippen LogP contribution in [0.4, 0.5) is 0 Å². The average molecular weight is 274 g/mol. The third-order valence-corrected chi connectivity index (χ3v) is 2.31. The molecule has 0 atom stereocenters. The van der Waals surface area contributed by atoms with Gasteiger partial charge in [0.1, 0.15) is 11.3 Å². The number of hydrogen-bond acceptors (Lipinski definition) is 6. The van der Waals surface area contributed by atoms with Crippen molar-refractivity contribution in [1.29, 1.82) is 0 Å². The Balaban J connectivity index is 2.45. The summed E-state index contributed by atoms with van der Waals surface area (Å²) in [5, 5.41) is 0.521. The highest BCUT2D eigenvalue weighted by molar-refractivity contribution is 5.85. The van der Waals surface area contributed by atoms with Crippen LogP contribution < -0.4 is 15.1 Å². The van der Waals surface area contributed by atoms with Crippen molar-refractivity contribution in [2.45, 2.75) is 6.92 Å². The molecule has 0 aliphatic heterocycles. The van der Waals surface area contributed by atoms with Crippen molar-refractivity contribution in [2.75, 3.05) is 0 Å². The van der Waals surface area contributed by atoms with E-state index in [-0.39, 0.29) is 17.1 Å². The molecule has 0 saturated heterocycles. The minimum atomic E-state index is -0.812. The summed E-state index contributed by atoms with van der Waals surface area (Å²) in [5.41, 5.74) is -0.597. The van der Waals surface area contributed by atoms with Gasteiger partial charge < -0.3 is 13.9 Å². The lowest BCUT2D eigenvalue weighted by Crippen LogP contribution is -2.11. The lowest BCUT2D eigenvalue weighted by atomic mass is 10.2. The molecule has 6 heteroatoms. The minimum absolute atomic E-state index is 0.215. The van der Waals surface area contributed by atoms with Crippen LogP contribution in [0.1, 0.15) is 6.92 Å². The Labute approximate surface area is 113 Å². The van der Waals surface area contributed by atoms with E-state index >= 15 is 0 Å². The van der Waals surface area contributed by atoms with Gasteiger partial charge >= 0.3 is 17.6 Å². The van der Waals surface area contributed by atoms with Gasteiger partial charge in [0, 0.05) is 24.5 Å². The smallest absolute Gasteiger partial charge is 0.379 e. The first kappa shape index (κ1) is 13.5. The SMILES string of the molecule is C=CC(=O)Oc1cc2ccc(OC(C)=O)cc2oc1=O. The molecule has 1 aromatic heterocycles. The molecule has 0 fully saturated rings. The number of rotatable bonds is 3. The molecule has 102 valence electrons. The molecule has 0 N–H and O–H groups in total. The highest BCUT2D eigenvalue weighted by Crippen LogP contribution is 2.22. The summed E-state index contributed by atoms with van der Waals surface area (Å²) in [6.45, 7) is 4.49. The molecule has 1 heterocycles. The standard InChI is InChI=1S/C14H10O6/c1-3-13(16)19-12-6-9-4-5-10(18-8(2)15)7-11(9)20-14(12)17/h3-7H,1H2,2H3. The van der Waals surface area contributed by atoms with Crippen LogP contribution in [0.15, 0.2) is 46.1 Å². The van der Waals surface area contributed by atoms with Gasteiger partial charge in [0.05, 0.1) is 0 Å². The topological polar surface area (TPSA) is 82.8 Å². The number of carbonyl (C=O) groups is 2. The van der Waals surface area contributed by atoms with E-state index in [9.17, 15) is 14.4 Å². The first-order chi connectivity index (χ1) is 9.49. The van der Waals surface area contributed by atoms with Gasteiger partial charge in [-0.2, -0.15) is 0 Å². The van der Waals surface area contributed by atoms with E-state index in [1.807, 2.05) is 0 Å². The summed E-state index contributed by atoms with van der Waals surface area (Å²) < 4.78 is 14.6. The largest absolute Gasteiger partial charge is 0.427 e. The van der Waals surface area contributed by atoms with Crippen molar-refractivity contribution < 1.29 is 23.5 Å². The second kappa shape index (κ2) is 5.40. The Bertz CT molecular complexity index is 756. The minimum Gasteiger partial charge on any atom is -0.427 e. The van der Waals surface area contributed by atoms with Gasteiger partial charge in [-0.25, -0.2) is 9.59 Å². The second-order valence-corrected chi connectivity index (χ2v) is 3.82. The lowest BCUT2D eigenvalue weighted by molar-refractivity contribution is -0.132. The molecule has 6 nitrogen and oxygen atoms in total. The molecule has 0 bridgehead atoms. The molecule has 2 rings (SSSR count). The summed E-state index contributed by atoms with van der Waals surface area (Å²) in [7, 11) is 0. The van der Waals surface area contributed by atoms with E-state index in [0.717, 1.165) is 6.08 Å². The van der Waals surface area contributed by atoms with Crippen LogP contribution in [0.3, 0.4) is 0 Å². The summed E-state index contributed by atoms with van der Waals surface area (Å²) >= 11 is 0. The van der Waals surface area contributed by atoms with Crippen LogP contribution in [0, 0.1) is 0 Å². The summed E-state index contributed by atoms with van der Waals surface area (Å²) in [5.74, 6) is -1.22. The van der Waals surface area contributed by atoms with Gasteiger partial charge in [-0.1, -0.05) is 6.58 Å². The van der Waals surface area contributed by atoms with E-state index in [1.54, 1.807) is 6.07 Å². The Kier molecular flexibility index (Phi) is 3.65. The van der Waals surface area contributed by atoms with Crippen LogP contribution >= 0.6 is 0 Å². The third-order valence-electron chi connectivity index (χ3n) is 2.31. The number of benzene rings is 1. The van der Waals surface area contributed by atoms with E-state index in [1.165, 1.54) is 25.1 Å². The predicted octanol–water partition coefficient (Wildman–Crippen LogP) is 1.81. The monoisotopic (exact) mass is 274 g/mol. The zero-order valence-corrected chi connectivity index (χ0v) is 10.5. The normalized spacial score (nSPS) is 10.1. The molecule has 20 heavy (non-hydrogen) atoms. The maximum absolute atomic E-state index is 11.6. The number of hydrogen-bond donors (Lipinski definition) is 0. The fourth-order valence-electron chi connectivity index (χ4n) is 1.52. The molecule has 0 aliphatic rings. The zero-order valence-electron chi connectivity index (χ0n) is 10.5. The molecule has 0 aliphatic carbocycles.